The number of rotatable bonds is 4. The van der Waals surface area contributed by atoms with Gasteiger partial charge in [-0.25, -0.2) is 0 Å². The van der Waals surface area contributed by atoms with Crippen LogP contribution in [-0.4, -0.2) is 23.3 Å². The topological polar surface area (TPSA) is 32.3 Å². The SMILES string of the molecule is Cc1cccc(C)c1CC(O)CNC(C)(C)C. The fourth-order valence-corrected chi connectivity index (χ4v) is 1.90. The van der Waals surface area contributed by atoms with Crippen LogP contribution in [-0.2, 0) is 6.42 Å². The molecular weight excluding hydrogens is 210 g/mol. The first-order valence-corrected chi connectivity index (χ1v) is 6.28. The minimum Gasteiger partial charge on any atom is -0.391 e. The first-order chi connectivity index (χ1) is 7.79. The molecule has 0 aliphatic heterocycles. The molecule has 0 radical (unpaired) electrons. The molecule has 0 aromatic heterocycles. The molecule has 0 spiro atoms. The summed E-state index contributed by atoms with van der Waals surface area (Å²) in [5, 5.41) is 13.4. The maximum Gasteiger partial charge on any atom is 0.0705 e. The quantitative estimate of drug-likeness (QED) is 0.841. The van der Waals surface area contributed by atoms with Crippen LogP contribution in [0.25, 0.3) is 0 Å². The third-order valence-corrected chi connectivity index (χ3v) is 2.95. The molecule has 2 nitrogen and oxygen atoms in total. The summed E-state index contributed by atoms with van der Waals surface area (Å²) >= 11 is 0. The highest BCUT2D eigenvalue weighted by Gasteiger charge is 2.14. The largest absolute Gasteiger partial charge is 0.391 e. The molecule has 0 heterocycles. The molecule has 1 atom stereocenters. The van der Waals surface area contributed by atoms with Crippen molar-refractivity contribution in [2.75, 3.05) is 6.54 Å². The molecule has 1 unspecified atom stereocenters. The van der Waals surface area contributed by atoms with Crippen molar-refractivity contribution < 1.29 is 5.11 Å². The molecule has 2 heteroatoms. The van der Waals surface area contributed by atoms with E-state index >= 15 is 0 Å². The van der Waals surface area contributed by atoms with E-state index in [-0.39, 0.29) is 11.6 Å². The molecule has 0 fully saturated rings. The molecule has 2 N–H and O–H groups in total. The molecule has 0 amide bonds. The van der Waals surface area contributed by atoms with E-state index in [1.807, 2.05) is 0 Å². The zero-order valence-electron chi connectivity index (χ0n) is 11.7. The molecule has 1 aromatic carbocycles. The third kappa shape index (κ3) is 4.88. The predicted molar refractivity (Wildman–Crippen MR) is 73.4 cm³/mol. The van der Waals surface area contributed by atoms with Gasteiger partial charge in [0.25, 0.3) is 0 Å². The molecular formula is C15H25NO. The Balaban J connectivity index is 2.59. The highest BCUT2D eigenvalue weighted by atomic mass is 16.3. The van der Waals surface area contributed by atoms with E-state index < -0.39 is 0 Å². The number of benzene rings is 1. The van der Waals surface area contributed by atoms with E-state index in [9.17, 15) is 5.11 Å². The Morgan fingerprint density at radius 1 is 1.18 bits per heavy atom. The fourth-order valence-electron chi connectivity index (χ4n) is 1.90. The average Bonchev–Trinajstić information content (AvgIpc) is 2.20. The van der Waals surface area contributed by atoms with Crippen LogP contribution < -0.4 is 5.32 Å². The van der Waals surface area contributed by atoms with Gasteiger partial charge in [-0.15, -0.1) is 0 Å². The minimum absolute atomic E-state index is 0.0573. The summed E-state index contributed by atoms with van der Waals surface area (Å²) in [6.07, 6.45) is 0.399. The zero-order chi connectivity index (χ0) is 13.1. The highest BCUT2D eigenvalue weighted by molar-refractivity contribution is 5.33. The van der Waals surface area contributed by atoms with Crippen LogP contribution in [0.1, 0.15) is 37.5 Å². The number of hydrogen-bond acceptors (Lipinski definition) is 2. The van der Waals surface area contributed by atoms with E-state index in [4.69, 9.17) is 0 Å². The smallest absolute Gasteiger partial charge is 0.0705 e. The molecule has 0 aliphatic carbocycles. The normalized spacial score (nSPS) is 13.8. The molecule has 0 saturated carbocycles. The van der Waals surface area contributed by atoms with Crippen molar-refractivity contribution in [1.29, 1.82) is 0 Å². The summed E-state index contributed by atoms with van der Waals surface area (Å²) in [5.41, 5.74) is 3.86. The number of aliphatic hydroxyl groups is 1. The summed E-state index contributed by atoms with van der Waals surface area (Å²) in [5.74, 6) is 0. The Bertz CT molecular complexity index is 345. The van der Waals surface area contributed by atoms with Gasteiger partial charge in [0.15, 0.2) is 0 Å². The summed E-state index contributed by atoms with van der Waals surface area (Å²) in [6, 6.07) is 6.27. The van der Waals surface area contributed by atoms with Gasteiger partial charge in [0.2, 0.25) is 0 Å². The van der Waals surface area contributed by atoms with Crippen molar-refractivity contribution in [3.8, 4) is 0 Å². The lowest BCUT2D eigenvalue weighted by Crippen LogP contribution is -2.41. The molecule has 96 valence electrons. The van der Waals surface area contributed by atoms with Gasteiger partial charge in [0.1, 0.15) is 0 Å². The first-order valence-electron chi connectivity index (χ1n) is 6.28. The van der Waals surface area contributed by atoms with Gasteiger partial charge in [0, 0.05) is 18.5 Å². The number of hydrogen-bond donors (Lipinski definition) is 2. The predicted octanol–water partition coefficient (Wildman–Crippen LogP) is 2.59. The maximum absolute atomic E-state index is 10.1. The van der Waals surface area contributed by atoms with Gasteiger partial charge >= 0.3 is 0 Å². The van der Waals surface area contributed by atoms with Crippen molar-refractivity contribution in [1.82, 2.24) is 5.32 Å². The number of β-amino-alcohol motifs (C(OH)–C–C–N with tert-alkyl or cyclic N) is 1. The van der Waals surface area contributed by atoms with Gasteiger partial charge in [-0.2, -0.15) is 0 Å². The molecule has 0 saturated heterocycles. The second-order valence-electron chi connectivity index (χ2n) is 5.86. The van der Waals surface area contributed by atoms with Crippen LogP contribution >= 0.6 is 0 Å². The van der Waals surface area contributed by atoms with Gasteiger partial charge in [-0.05, 0) is 51.3 Å². The lowest BCUT2D eigenvalue weighted by atomic mass is 9.97. The van der Waals surface area contributed by atoms with Gasteiger partial charge < -0.3 is 10.4 Å². The lowest BCUT2D eigenvalue weighted by molar-refractivity contribution is 0.160. The van der Waals surface area contributed by atoms with Crippen LogP contribution in [0, 0.1) is 13.8 Å². The third-order valence-electron chi connectivity index (χ3n) is 2.95. The van der Waals surface area contributed by atoms with Gasteiger partial charge in [-0.1, -0.05) is 18.2 Å². The number of aryl methyl sites for hydroxylation is 2. The van der Waals surface area contributed by atoms with Gasteiger partial charge in [0.05, 0.1) is 6.10 Å². The van der Waals surface area contributed by atoms with E-state index in [1.165, 1.54) is 16.7 Å². The molecule has 1 rings (SSSR count). The van der Waals surface area contributed by atoms with Crippen LogP contribution in [0.15, 0.2) is 18.2 Å². The lowest BCUT2D eigenvalue weighted by Gasteiger charge is -2.23. The van der Waals surface area contributed by atoms with Crippen molar-refractivity contribution in [2.24, 2.45) is 0 Å². The van der Waals surface area contributed by atoms with Crippen LogP contribution in [0.3, 0.4) is 0 Å². The van der Waals surface area contributed by atoms with Crippen molar-refractivity contribution in [2.45, 2.75) is 52.7 Å². The van der Waals surface area contributed by atoms with Gasteiger partial charge in [-0.3, -0.25) is 0 Å². The van der Waals surface area contributed by atoms with Crippen molar-refractivity contribution in [3.63, 3.8) is 0 Å². The van der Waals surface area contributed by atoms with Crippen LogP contribution in [0.2, 0.25) is 0 Å². The molecule has 0 aliphatic rings. The molecule has 0 bridgehead atoms. The number of aliphatic hydroxyl groups excluding tert-OH is 1. The minimum atomic E-state index is -0.325. The second-order valence-corrected chi connectivity index (χ2v) is 5.86. The Hall–Kier alpha value is -0.860. The summed E-state index contributed by atoms with van der Waals surface area (Å²) < 4.78 is 0. The summed E-state index contributed by atoms with van der Waals surface area (Å²) in [7, 11) is 0. The fraction of sp³-hybridized carbons (Fsp3) is 0.600. The Kier molecular flexibility index (Phi) is 4.72. The Morgan fingerprint density at radius 3 is 2.18 bits per heavy atom. The first kappa shape index (κ1) is 14.2. The monoisotopic (exact) mass is 235 g/mol. The summed E-state index contributed by atoms with van der Waals surface area (Å²) in [6.45, 7) is 11.2. The zero-order valence-corrected chi connectivity index (χ0v) is 11.7. The van der Waals surface area contributed by atoms with Crippen molar-refractivity contribution in [3.05, 3.63) is 34.9 Å². The molecule has 1 aromatic rings. The van der Waals surface area contributed by atoms with E-state index in [2.05, 4.69) is 58.1 Å². The second kappa shape index (κ2) is 5.65. The Labute approximate surface area is 105 Å². The van der Waals surface area contributed by atoms with Crippen molar-refractivity contribution >= 4 is 0 Å². The van der Waals surface area contributed by atoms with E-state index in [0.29, 0.717) is 6.54 Å². The highest BCUT2D eigenvalue weighted by Crippen LogP contribution is 2.15. The standard InChI is InChI=1S/C15H25NO/c1-11-7-6-8-12(2)14(11)9-13(17)10-16-15(3,4)5/h6-8,13,16-17H,9-10H2,1-5H3. The van der Waals surface area contributed by atoms with E-state index in [1.54, 1.807) is 0 Å². The average molecular weight is 235 g/mol. The van der Waals surface area contributed by atoms with Crippen LogP contribution in [0.4, 0.5) is 0 Å². The number of nitrogens with one attached hydrogen (secondary N) is 1. The van der Waals surface area contributed by atoms with Crippen LogP contribution in [0.5, 0.6) is 0 Å². The molecule has 17 heavy (non-hydrogen) atoms. The maximum atomic E-state index is 10.1. The Morgan fingerprint density at radius 2 is 1.71 bits per heavy atom. The van der Waals surface area contributed by atoms with E-state index in [0.717, 1.165) is 6.42 Å². The summed E-state index contributed by atoms with van der Waals surface area (Å²) in [4.78, 5) is 0.